The summed E-state index contributed by atoms with van der Waals surface area (Å²) in [5, 5.41) is 2.03. The minimum absolute atomic E-state index is 0.296. The Hall–Kier alpha value is -2.26. The predicted octanol–water partition coefficient (Wildman–Crippen LogP) is 4.92. The van der Waals surface area contributed by atoms with E-state index in [-0.39, 0.29) is 5.97 Å². The Kier molecular flexibility index (Phi) is 4.45. The average Bonchev–Trinajstić information content (AvgIpc) is 2.60. The van der Waals surface area contributed by atoms with Crippen LogP contribution in [0.5, 0.6) is 0 Å². The van der Waals surface area contributed by atoms with Crippen molar-refractivity contribution in [1.82, 2.24) is 0 Å². The zero-order chi connectivity index (χ0) is 15.4. The number of benzene rings is 3. The van der Waals surface area contributed by atoms with Crippen molar-refractivity contribution in [2.45, 2.75) is 10.6 Å². The summed E-state index contributed by atoms with van der Waals surface area (Å²) in [5.74, 6) is 0.610. The van der Waals surface area contributed by atoms with Crippen molar-refractivity contribution in [2.75, 3.05) is 7.11 Å². The van der Waals surface area contributed by atoms with Crippen LogP contribution < -0.4 is 0 Å². The van der Waals surface area contributed by atoms with Gasteiger partial charge in [-0.3, -0.25) is 0 Å². The molecule has 0 spiro atoms. The Morgan fingerprint density at radius 1 is 0.909 bits per heavy atom. The van der Waals surface area contributed by atoms with Crippen LogP contribution in [0.3, 0.4) is 0 Å². The molecule has 3 aromatic rings. The SMILES string of the molecule is COC(=O)c1ccc(SCc2ccccc2)c2ccccc12. The van der Waals surface area contributed by atoms with Crippen LogP contribution in [-0.2, 0) is 10.5 Å². The summed E-state index contributed by atoms with van der Waals surface area (Å²) in [6.45, 7) is 0. The minimum atomic E-state index is -0.296. The molecular weight excluding hydrogens is 292 g/mol. The highest BCUT2D eigenvalue weighted by Gasteiger charge is 2.12. The molecule has 0 aliphatic rings. The van der Waals surface area contributed by atoms with Gasteiger partial charge < -0.3 is 4.74 Å². The largest absolute Gasteiger partial charge is 0.465 e. The van der Waals surface area contributed by atoms with Gasteiger partial charge >= 0.3 is 5.97 Å². The van der Waals surface area contributed by atoms with Gasteiger partial charge in [0.05, 0.1) is 12.7 Å². The van der Waals surface area contributed by atoms with Crippen molar-refractivity contribution < 1.29 is 9.53 Å². The van der Waals surface area contributed by atoms with Crippen LogP contribution in [-0.4, -0.2) is 13.1 Å². The quantitative estimate of drug-likeness (QED) is 0.505. The van der Waals surface area contributed by atoms with Crippen LogP contribution in [0.15, 0.2) is 71.6 Å². The molecule has 0 aromatic heterocycles. The summed E-state index contributed by atoms with van der Waals surface area (Å²) in [4.78, 5) is 13.1. The van der Waals surface area contributed by atoms with Gasteiger partial charge in [0.1, 0.15) is 0 Å². The van der Waals surface area contributed by atoms with Crippen molar-refractivity contribution in [3.05, 3.63) is 77.9 Å². The zero-order valence-corrected chi connectivity index (χ0v) is 13.1. The van der Waals surface area contributed by atoms with Gasteiger partial charge in [0.25, 0.3) is 0 Å². The number of fused-ring (bicyclic) bond motifs is 1. The van der Waals surface area contributed by atoms with E-state index in [9.17, 15) is 4.79 Å². The van der Waals surface area contributed by atoms with E-state index in [1.54, 1.807) is 11.8 Å². The standard InChI is InChI=1S/C19H16O2S/c1-21-19(20)17-11-12-18(16-10-6-5-9-15(16)17)22-13-14-7-3-2-4-8-14/h2-12H,13H2,1H3. The molecule has 3 heteroatoms. The maximum absolute atomic E-state index is 11.9. The van der Waals surface area contributed by atoms with E-state index in [1.807, 2.05) is 48.5 Å². The van der Waals surface area contributed by atoms with E-state index in [0.717, 1.165) is 16.5 Å². The fourth-order valence-corrected chi connectivity index (χ4v) is 3.43. The van der Waals surface area contributed by atoms with Crippen LogP contribution in [0.25, 0.3) is 10.8 Å². The molecule has 3 rings (SSSR count). The summed E-state index contributed by atoms with van der Waals surface area (Å²) in [6, 6.07) is 22.2. The lowest BCUT2D eigenvalue weighted by molar-refractivity contribution is 0.0603. The molecule has 0 N–H and O–H groups in total. The van der Waals surface area contributed by atoms with Gasteiger partial charge in [-0.15, -0.1) is 11.8 Å². The minimum Gasteiger partial charge on any atom is -0.465 e. The number of carbonyl (C=O) groups excluding carboxylic acids is 1. The molecule has 0 amide bonds. The van der Waals surface area contributed by atoms with E-state index >= 15 is 0 Å². The number of hydrogen-bond acceptors (Lipinski definition) is 3. The first kappa shape index (κ1) is 14.7. The lowest BCUT2D eigenvalue weighted by Crippen LogP contribution is -2.02. The van der Waals surface area contributed by atoms with E-state index in [0.29, 0.717) is 5.56 Å². The highest BCUT2D eigenvalue weighted by molar-refractivity contribution is 7.98. The first-order valence-corrected chi connectivity index (χ1v) is 8.05. The van der Waals surface area contributed by atoms with Crippen molar-refractivity contribution in [2.24, 2.45) is 0 Å². The number of ether oxygens (including phenoxy) is 1. The molecule has 0 saturated carbocycles. The lowest BCUT2D eigenvalue weighted by atomic mass is 10.0. The second-order valence-corrected chi connectivity index (χ2v) is 5.94. The molecule has 0 unspecified atom stereocenters. The van der Waals surface area contributed by atoms with Crippen molar-refractivity contribution in [1.29, 1.82) is 0 Å². The molecule has 3 aromatic carbocycles. The summed E-state index contributed by atoms with van der Waals surface area (Å²) in [6.07, 6.45) is 0. The van der Waals surface area contributed by atoms with Crippen LogP contribution in [0, 0.1) is 0 Å². The first-order valence-electron chi connectivity index (χ1n) is 7.06. The van der Waals surface area contributed by atoms with Gasteiger partial charge in [-0.05, 0) is 28.5 Å². The molecule has 0 heterocycles. The molecule has 0 atom stereocenters. The molecule has 2 nitrogen and oxygen atoms in total. The fourth-order valence-electron chi connectivity index (χ4n) is 2.42. The highest BCUT2D eigenvalue weighted by Crippen LogP contribution is 2.32. The summed E-state index contributed by atoms with van der Waals surface area (Å²) in [5.41, 5.74) is 1.90. The second-order valence-electron chi connectivity index (χ2n) is 4.92. The highest BCUT2D eigenvalue weighted by atomic mass is 32.2. The first-order chi connectivity index (χ1) is 10.8. The van der Waals surface area contributed by atoms with E-state index in [4.69, 9.17) is 4.74 Å². The fraction of sp³-hybridized carbons (Fsp3) is 0.105. The van der Waals surface area contributed by atoms with Gasteiger partial charge in [-0.25, -0.2) is 4.79 Å². The summed E-state index contributed by atoms with van der Waals surface area (Å²) < 4.78 is 4.87. The van der Waals surface area contributed by atoms with Crippen LogP contribution in [0.2, 0.25) is 0 Å². The molecule has 110 valence electrons. The maximum Gasteiger partial charge on any atom is 0.338 e. The monoisotopic (exact) mass is 308 g/mol. The molecule has 0 radical (unpaired) electrons. The average molecular weight is 308 g/mol. The molecule has 22 heavy (non-hydrogen) atoms. The predicted molar refractivity (Wildman–Crippen MR) is 91.3 cm³/mol. The second kappa shape index (κ2) is 6.67. The number of rotatable bonds is 4. The van der Waals surface area contributed by atoms with Crippen LogP contribution >= 0.6 is 11.8 Å². The molecule has 0 aliphatic heterocycles. The third-order valence-corrected chi connectivity index (χ3v) is 4.67. The van der Waals surface area contributed by atoms with Gasteiger partial charge in [-0.1, -0.05) is 54.6 Å². The van der Waals surface area contributed by atoms with Gasteiger partial charge in [0.2, 0.25) is 0 Å². The molecule has 0 saturated heterocycles. The van der Waals surface area contributed by atoms with Gasteiger partial charge in [0, 0.05) is 10.6 Å². The van der Waals surface area contributed by atoms with Gasteiger partial charge in [0.15, 0.2) is 0 Å². The molecular formula is C19H16O2S. The third-order valence-electron chi connectivity index (χ3n) is 3.53. The normalized spacial score (nSPS) is 10.6. The van der Waals surface area contributed by atoms with Crippen molar-refractivity contribution in [3.8, 4) is 0 Å². The number of thioether (sulfide) groups is 1. The van der Waals surface area contributed by atoms with E-state index < -0.39 is 0 Å². The zero-order valence-electron chi connectivity index (χ0n) is 12.3. The Balaban J connectivity index is 1.96. The van der Waals surface area contributed by atoms with Crippen molar-refractivity contribution >= 4 is 28.5 Å². The topological polar surface area (TPSA) is 26.3 Å². The number of methoxy groups -OCH3 is 1. The smallest absolute Gasteiger partial charge is 0.338 e. The molecule has 0 aliphatic carbocycles. The Labute approximate surface area is 134 Å². The van der Waals surface area contributed by atoms with Gasteiger partial charge in [-0.2, -0.15) is 0 Å². The van der Waals surface area contributed by atoms with E-state index in [1.165, 1.54) is 17.6 Å². The van der Waals surface area contributed by atoms with Crippen LogP contribution in [0.1, 0.15) is 15.9 Å². The Morgan fingerprint density at radius 3 is 2.32 bits per heavy atom. The van der Waals surface area contributed by atoms with Crippen molar-refractivity contribution in [3.63, 3.8) is 0 Å². The Bertz CT molecular complexity index is 797. The summed E-state index contributed by atoms with van der Waals surface area (Å²) in [7, 11) is 1.41. The van der Waals surface area contributed by atoms with E-state index in [2.05, 4.69) is 18.2 Å². The molecule has 0 bridgehead atoms. The maximum atomic E-state index is 11.9. The number of carbonyl (C=O) groups is 1. The summed E-state index contributed by atoms with van der Waals surface area (Å²) >= 11 is 1.78. The number of esters is 1. The third kappa shape index (κ3) is 3.00. The Morgan fingerprint density at radius 2 is 1.59 bits per heavy atom. The van der Waals surface area contributed by atoms with Crippen LogP contribution in [0.4, 0.5) is 0 Å². The lowest BCUT2D eigenvalue weighted by Gasteiger charge is -2.10. The molecule has 0 fully saturated rings. The number of hydrogen-bond donors (Lipinski definition) is 0.